The molecule has 2 amide bonds. The topological polar surface area (TPSA) is 200 Å². The van der Waals surface area contributed by atoms with E-state index in [1.165, 1.54) is 5.56 Å². The zero-order chi connectivity index (χ0) is 48.0. The molecule has 0 aliphatic carbocycles. The average molecular weight is 948 g/mol. The van der Waals surface area contributed by atoms with Crippen LogP contribution in [0.1, 0.15) is 60.0 Å². The van der Waals surface area contributed by atoms with Crippen molar-refractivity contribution in [2.75, 3.05) is 95.4 Å². The molecule has 0 saturated carbocycles. The predicted molar refractivity (Wildman–Crippen MR) is 263 cm³/mol. The van der Waals surface area contributed by atoms with Gasteiger partial charge in [0.15, 0.2) is 0 Å². The third kappa shape index (κ3) is 10.8. The molecule has 3 aliphatic rings. The molecule has 2 fully saturated rings. The molecule has 3 N–H and O–H groups in total. The molecule has 360 valence electrons. The van der Waals surface area contributed by atoms with E-state index in [4.69, 9.17) is 18.9 Å². The van der Waals surface area contributed by atoms with Crippen LogP contribution in [0.25, 0.3) is 11.5 Å². The molecule has 8 rings (SSSR count). The summed E-state index contributed by atoms with van der Waals surface area (Å²) in [6.45, 7) is 14.7. The van der Waals surface area contributed by atoms with Gasteiger partial charge in [-0.25, -0.2) is 4.98 Å². The van der Waals surface area contributed by atoms with Gasteiger partial charge in [0.05, 0.1) is 31.1 Å². The summed E-state index contributed by atoms with van der Waals surface area (Å²) in [7, 11) is 0.589. The summed E-state index contributed by atoms with van der Waals surface area (Å²) in [5.74, 6) is 2.38. The molecule has 0 radical (unpaired) electrons. The van der Waals surface area contributed by atoms with E-state index in [9.17, 15) is 18.9 Å². The number of anilines is 5. The number of amides is 2. The molecule has 2 saturated heterocycles. The maximum atomic E-state index is 13.2. The molecule has 18 nitrogen and oxygen atoms in total. The summed E-state index contributed by atoms with van der Waals surface area (Å²) >= 11 is 0. The molecule has 1 atom stereocenters. The number of hydrogen-bond acceptors (Lipinski definition) is 16. The normalized spacial score (nSPS) is 16.4. The zero-order valence-corrected chi connectivity index (χ0v) is 40.7. The minimum atomic E-state index is -2.64. The van der Waals surface area contributed by atoms with E-state index in [2.05, 4.69) is 64.9 Å². The highest BCUT2D eigenvalue weighted by Gasteiger charge is 2.35. The Morgan fingerprint density at radius 3 is 2.44 bits per heavy atom. The second-order valence-corrected chi connectivity index (χ2v) is 21.0. The van der Waals surface area contributed by atoms with Crippen LogP contribution in [0.5, 0.6) is 11.5 Å². The number of piperazine rings is 1. The summed E-state index contributed by atoms with van der Waals surface area (Å²) < 4.78 is 31.3. The standard InChI is InChI=1S/C49H62N11O7P/c1-7-33-27-40(53-49-51-29-37(47-56-55-32(2)67-47)46(54-49)52-39-12-8-9-14-44(39)68(5,6)64)43(65-4)28-41(33)59-19-17-34(18-20-59)58-23-21-57(22-24-58)25-26-66-42-13-10-11-36-38(42)30-60(48(36)63)35(31-61)15-16-45(62)50-3/h8-14,27-29,31,34-35H,7,15-26,30H2,1-6H3,(H,50,62)(H2,51,52,53,54). The number of aromatic nitrogens is 4. The van der Waals surface area contributed by atoms with Crippen molar-refractivity contribution in [2.45, 2.75) is 64.6 Å². The van der Waals surface area contributed by atoms with Crippen molar-refractivity contribution in [3.8, 4) is 23.0 Å². The highest BCUT2D eigenvalue weighted by Crippen LogP contribution is 2.41. The number of rotatable bonds is 19. The Labute approximate surface area is 397 Å². The Morgan fingerprint density at radius 1 is 0.971 bits per heavy atom. The fourth-order valence-electron chi connectivity index (χ4n) is 9.39. The first kappa shape index (κ1) is 48.1. The van der Waals surface area contributed by atoms with Crippen LogP contribution < -0.4 is 35.6 Å². The van der Waals surface area contributed by atoms with E-state index >= 15 is 0 Å². The largest absolute Gasteiger partial charge is 0.494 e. The Bertz CT molecular complexity index is 2660. The number of piperidine rings is 1. The van der Waals surface area contributed by atoms with Gasteiger partial charge in [0.1, 0.15) is 42.9 Å². The minimum absolute atomic E-state index is 0.165. The number of nitrogens with zero attached hydrogens (tertiary/aromatic N) is 8. The van der Waals surface area contributed by atoms with Crippen LogP contribution in [0.15, 0.2) is 65.2 Å². The number of carbonyl (C=O) groups is 3. The Hall–Kier alpha value is -6.36. The number of para-hydroxylation sites is 1. The van der Waals surface area contributed by atoms with Crippen molar-refractivity contribution in [1.29, 1.82) is 0 Å². The van der Waals surface area contributed by atoms with Crippen LogP contribution in [0.3, 0.4) is 0 Å². The molecule has 3 aromatic carbocycles. The Morgan fingerprint density at radius 2 is 1.75 bits per heavy atom. The number of aldehydes is 1. The van der Waals surface area contributed by atoms with Gasteiger partial charge in [-0.1, -0.05) is 25.1 Å². The highest BCUT2D eigenvalue weighted by atomic mass is 31.2. The van der Waals surface area contributed by atoms with E-state index in [0.29, 0.717) is 63.9 Å². The lowest BCUT2D eigenvalue weighted by Gasteiger charge is -2.43. The first-order valence-electron chi connectivity index (χ1n) is 23.4. The van der Waals surface area contributed by atoms with Gasteiger partial charge in [-0.2, -0.15) is 4.98 Å². The van der Waals surface area contributed by atoms with Gasteiger partial charge in [-0.3, -0.25) is 19.4 Å². The van der Waals surface area contributed by atoms with Gasteiger partial charge in [-0.05, 0) is 74.9 Å². The van der Waals surface area contributed by atoms with E-state index in [0.717, 1.165) is 88.3 Å². The van der Waals surface area contributed by atoms with Gasteiger partial charge < -0.3 is 49.0 Å². The fourth-order valence-corrected chi connectivity index (χ4v) is 10.5. The third-order valence-corrected chi connectivity index (χ3v) is 14.7. The monoisotopic (exact) mass is 947 g/mol. The summed E-state index contributed by atoms with van der Waals surface area (Å²) in [4.78, 5) is 55.6. The summed E-state index contributed by atoms with van der Waals surface area (Å²) in [6.07, 6.45) is 5.76. The van der Waals surface area contributed by atoms with Gasteiger partial charge in [0.25, 0.3) is 11.8 Å². The Balaban J connectivity index is 0.857. The van der Waals surface area contributed by atoms with E-state index < -0.39 is 13.2 Å². The van der Waals surface area contributed by atoms with Gasteiger partial charge in [0, 0.05) is 107 Å². The van der Waals surface area contributed by atoms with Crippen LogP contribution in [0.4, 0.5) is 28.8 Å². The molecule has 19 heteroatoms. The third-order valence-electron chi connectivity index (χ3n) is 13.2. The number of hydrogen-bond donors (Lipinski definition) is 3. The molecule has 5 aromatic rings. The average Bonchev–Trinajstić information content (AvgIpc) is 3.94. The number of nitrogens with one attached hydrogen (secondary N) is 3. The van der Waals surface area contributed by atoms with Crippen LogP contribution in [0.2, 0.25) is 0 Å². The second kappa shape index (κ2) is 21.3. The quantitative estimate of drug-likeness (QED) is 0.0657. The fraction of sp³-hybridized carbons (Fsp3) is 0.449. The molecule has 2 aromatic heterocycles. The Kier molecular flexibility index (Phi) is 15.1. The van der Waals surface area contributed by atoms with Gasteiger partial charge >= 0.3 is 0 Å². The zero-order valence-electron chi connectivity index (χ0n) is 39.8. The molecule has 0 spiro atoms. The van der Waals surface area contributed by atoms with Crippen LogP contribution in [0, 0.1) is 6.92 Å². The maximum Gasteiger partial charge on any atom is 0.255 e. The first-order valence-corrected chi connectivity index (χ1v) is 26.0. The molecule has 0 bridgehead atoms. The van der Waals surface area contributed by atoms with E-state index in [1.54, 1.807) is 51.6 Å². The lowest BCUT2D eigenvalue weighted by Crippen LogP contribution is -2.53. The van der Waals surface area contributed by atoms with Crippen molar-refractivity contribution in [1.82, 2.24) is 40.2 Å². The summed E-state index contributed by atoms with van der Waals surface area (Å²) in [5, 5.41) is 18.3. The number of benzene rings is 3. The number of methoxy groups -OCH3 is 1. The van der Waals surface area contributed by atoms with Crippen LogP contribution >= 0.6 is 7.14 Å². The van der Waals surface area contributed by atoms with Crippen molar-refractivity contribution < 1.29 is 32.8 Å². The first-order chi connectivity index (χ1) is 32.9. The molecule has 68 heavy (non-hydrogen) atoms. The predicted octanol–water partition coefficient (Wildman–Crippen LogP) is 5.86. The van der Waals surface area contributed by atoms with Gasteiger partial charge in [0.2, 0.25) is 17.7 Å². The number of ether oxygens (including phenoxy) is 2. The lowest BCUT2D eigenvalue weighted by molar-refractivity contribution is -0.121. The van der Waals surface area contributed by atoms with E-state index in [-0.39, 0.29) is 37.1 Å². The molecular formula is C49H62N11O7P. The molecular weight excluding hydrogens is 886 g/mol. The summed E-state index contributed by atoms with van der Waals surface area (Å²) in [6, 6.07) is 17.0. The smallest absolute Gasteiger partial charge is 0.255 e. The van der Waals surface area contributed by atoms with Crippen molar-refractivity contribution in [3.05, 3.63) is 83.4 Å². The second-order valence-electron chi connectivity index (χ2n) is 17.8. The summed E-state index contributed by atoms with van der Waals surface area (Å²) in [5.41, 5.74) is 5.59. The lowest BCUT2D eigenvalue weighted by atomic mass is 9.99. The minimum Gasteiger partial charge on any atom is -0.494 e. The van der Waals surface area contributed by atoms with Gasteiger partial charge in [-0.15, -0.1) is 10.2 Å². The van der Waals surface area contributed by atoms with Crippen molar-refractivity contribution >= 4 is 59.4 Å². The van der Waals surface area contributed by atoms with Crippen molar-refractivity contribution in [3.63, 3.8) is 0 Å². The number of carbonyl (C=O) groups excluding carboxylic acids is 3. The van der Waals surface area contributed by atoms with Crippen molar-refractivity contribution in [2.24, 2.45) is 0 Å². The van der Waals surface area contributed by atoms with E-state index in [1.807, 2.05) is 36.4 Å². The molecule has 5 heterocycles. The SMILES string of the molecule is CCc1cc(Nc2ncc(-c3nnc(C)o3)c(Nc3ccccc3P(C)(C)=O)n2)c(OC)cc1N1CCC(N2CCN(CCOc3cccc4c3CN(C(C=O)CCC(=O)NC)C4=O)CC2)CC1. The maximum absolute atomic E-state index is 13.2. The molecule has 3 aliphatic heterocycles. The number of aryl methyl sites for hydroxylation is 2. The molecule has 1 unspecified atom stereocenters. The van der Waals surface area contributed by atoms with Crippen LogP contribution in [-0.4, -0.2) is 145 Å². The number of fused-ring (bicyclic) bond motifs is 1. The highest BCUT2D eigenvalue weighted by molar-refractivity contribution is 7.70. The van der Waals surface area contributed by atoms with Crippen LogP contribution in [-0.2, 0) is 27.1 Å².